The molecule has 0 aliphatic heterocycles. The number of benzene rings is 2. The predicted octanol–water partition coefficient (Wildman–Crippen LogP) is 4.76. The Hall–Kier alpha value is -2.28. The van der Waals surface area contributed by atoms with E-state index in [4.69, 9.17) is 9.84 Å². The lowest BCUT2D eigenvalue weighted by molar-refractivity contribution is -0.136. The molecule has 0 saturated heterocycles. The molecular weight excluding hydrogens is 433 g/mol. The second kappa shape index (κ2) is 11.4. The van der Waals surface area contributed by atoms with Crippen LogP contribution < -0.4 is 5.32 Å². The van der Waals surface area contributed by atoms with Crippen LogP contribution in [0.25, 0.3) is 0 Å². The molecule has 3 rings (SSSR count). The van der Waals surface area contributed by atoms with E-state index in [1.54, 1.807) is 26.0 Å². The summed E-state index contributed by atoms with van der Waals surface area (Å²) in [7, 11) is 0. The highest BCUT2D eigenvalue weighted by molar-refractivity contribution is 5.67. The van der Waals surface area contributed by atoms with Gasteiger partial charge in [0.25, 0.3) is 0 Å². The van der Waals surface area contributed by atoms with Gasteiger partial charge in [0.15, 0.2) is 0 Å². The fourth-order valence-electron chi connectivity index (χ4n) is 5.01. The Morgan fingerprint density at radius 3 is 2.47 bits per heavy atom. The van der Waals surface area contributed by atoms with Crippen molar-refractivity contribution >= 4 is 5.97 Å². The highest BCUT2D eigenvalue weighted by Gasteiger charge is 2.28. The van der Waals surface area contributed by atoms with E-state index in [2.05, 4.69) is 43.4 Å². The average molecular weight is 472 g/mol. The molecular formula is C28H38FNO4. The van der Waals surface area contributed by atoms with Crippen molar-refractivity contribution in [1.29, 1.82) is 0 Å². The summed E-state index contributed by atoms with van der Waals surface area (Å²) in [4.78, 5) is 11.0. The molecule has 186 valence electrons. The summed E-state index contributed by atoms with van der Waals surface area (Å²) in [6.07, 6.45) is 2.01. The summed E-state index contributed by atoms with van der Waals surface area (Å²) in [6.45, 7) is 8.29. The highest BCUT2D eigenvalue weighted by Crippen LogP contribution is 2.32. The van der Waals surface area contributed by atoms with E-state index in [1.807, 2.05) is 0 Å². The van der Waals surface area contributed by atoms with Crippen molar-refractivity contribution in [1.82, 2.24) is 5.32 Å². The van der Waals surface area contributed by atoms with Gasteiger partial charge in [-0.05, 0) is 87.1 Å². The number of hydrogen-bond donors (Lipinski definition) is 3. The van der Waals surface area contributed by atoms with Gasteiger partial charge in [0, 0.05) is 18.5 Å². The molecule has 0 radical (unpaired) electrons. The molecule has 6 heteroatoms. The first-order valence-electron chi connectivity index (χ1n) is 12.2. The monoisotopic (exact) mass is 471 g/mol. The summed E-state index contributed by atoms with van der Waals surface area (Å²) in [6, 6.07) is 12.1. The first kappa shape index (κ1) is 26.3. The van der Waals surface area contributed by atoms with E-state index >= 15 is 0 Å². The first-order valence-corrected chi connectivity index (χ1v) is 12.2. The number of carboxylic acids is 1. The van der Waals surface area contributed by atoms with Crippen molar-refractivity contribution in [3.05, 3.63) is 70.0 Å². The van der Waals surface area contributed by atoms with Crippen LogP contribution in [0, 0.1) is 18.7 Å². The fourth-order valence-corrected chi connectivity index (χ4v) is 5.01. The maximum Gasteiger partial charge on any atom is 0.303 e. The number of fused-ring (bicyclic) bond motifs is 1. The Morgan fingerprint density at radius 2 is 1.85 bits per heavy atom. The minimum absolute atomic E-state index is 0.104. The standard InChI is InChI=1S/C28H38FNO4/c1-18-9-10-24(25(27(18)29)11-12-26(32)33)19(2)34-17-23(31)16-30-28(3,4)15-20-13-21-7-5-6-8-22(21)14-20/h5-10,19-20,23,30-31H,11-17H2,1-4H3,(H,32,33)/t19-,23-/m1/s1. The minimum atomic E-state index is -0.967. The Balaban J connectivity index is 1.48. The third-order valence-electron chi connectivity index (χ3n) is 6.79. The van der Waals surface area contributed by atoms with E-state index in [0.29, 0.717) is 29.2 Å². The molecule has 0 saturated carbocycles. The molecule has 0 bridgehead atoms. The van der Waals surface area contributed by atoms with Crippen LogP contribution in [0.5, 0.6) is 0 Å². The van der Waals surface area contributed by atoms with Crippen LogP contribution in [-0.2, 0) is 28.8 Å². The molecule has 1 aliphatic rings. The van der Waals surface area contributed by atoms with E-state index in [0.717, 1.165) is 19.3 Å². The summed E-state index contributed by atoms with van der Waals surface area (Å²) in [5.74, 6) is -0.757. The maximum atomic E-state index is 14.7. The number of hydrogen-bond acceptors (Lipinski definition) is 4. The molecule has 0 fully saturated rings. The molecule has 0 aromatic heterocycles. The van der Waals surface area contributed by atoms with Gasteiger partial charge in [-0.1, -0.05) is 36.4 Å². The average Bonchev–Trinajstić information content (AvgIpc) is 3.18. The predicted molar refractivity (Wildman–Crippen MR) is 132 cm³/mol. The lowest BCUT2D eigenvalue weighted by atomic mass is 9.88. The summed E-state index contributed by atoms with van der Waals surface area (Å²) < 4.78 is 20.5. The molecule has 2 aromatic rings. The van der Waals surface area contributed by atoms with E-state index in [-0.39, 0.29) is 30.8 Å². The molecule has 3 N–H and O–H groups in total. The van der Waals surface area contributed by atoms with Crippen LogP contribution in [0.3, 0.4) is 0 Å². The second-order valence-electron chi connectivity index (χ2n) is 10.3. The number of carboxylic acid groups (broad SMARTS) is 1. The molecule has 0 amide bonds. The lowest BCUT2D eigenvalue weighted by Crippen LogP contribution is -2.45. The Labute approximate surface area is 202 Å². The van der Waals surface area contributed by atoms with Crippen LogP contribution in [0.1, 0.15) is 67.5 Å². The third kappa shape index (κ3) is 7.11. The SMILES string of the molecule is Cc1ccc([C@@H](C)OC[C@H](O)CNC(C)(C)CC2Cc3ccccc3C2)c(CCC(=O)O)c1F. The van der Waals surface area contributed by atoms with Crippen LogP contribution >= 0.6 is 0 Å². The number of aryl methyl sites for hydroxylation is 1. The van der Waals surface area contributed by atoms with Gasteiger partial charge in [-0.3, -0.25) is 4.79 Å². The minimum Gasteiger partial charge on any atom is -0.481 e. The molecule has 2 aromatic carbocycles. The topological polar surface area (TPSA) is 78.8 Å². The number of rotatable bonds is 12. The zero-order valence-corrected chi connectivity index (χ0v) is 20.7. The molecule has 34 heavy (non-hydrogen) atoms. The van der Waals surface area contributed by atoms with Crippen molar-refractivity contribution in [3.8, 4) is 0 Å². The van der Waals surface area contributed by atoms with Crippen molar-refractivity contribution in [2.75, 3.05) is 13.2 Å². The number of nitrogens with one attached hydrogen (secondary N) is 1. The first-order chi connectivity index (χ1) is 16.1. The molecule has 2 atom stereocenters. The third-order valence-corrected chi connectivity index (χ3v) is 6.79. The van der Waals surface area contributed by atoms with Gasteiger partial charge in [0.1, 0.15) is 5.82 Å². The van der Waals surface area contributed by atoms with Gasteiger partial charge in [-0.25, -0.2) is 4.39 Å². The summed E-state index contributed by atoms with van der Waals surface area (Å²) >= 11 is 0. The number of aliphatic hydroxyl groups excluding tert-OH is 1. The van der Waals surface area contributed by atoms with Crippen LogP contribution in [0.2, 0.25) is 0 Å². The number of ether oxygens (including phenoxy) is 1. The molecule has 5 nitrogen and oxygen atoms in total. The molecule has 0 spiro atoms. The number of β-amino-alcohol motifs (C(OH)–C–C–N with tert-alkyl or cyclic N) is 1. The second-order valence-corrected chi connectivity index (χ2v) is 10.3. The van der Waals surface area contributed by atoms with Gasteiger partial charge < -0.3 is 20.3 Å². The smallest absolute Gasteiger partial charge is 0.303 e. The Morgan fingerprint density at radius 1 is 1.21 bits per heavy atom. The van der Waals surface area contributed by atoms with Crippen molar-refractivity contribution in [2.45, 2.75) is 77.5 Å². The normalized spacial score (nSPS) is 15.8. The van der Waals surface area contributed by atoms with Crippen LogP contribution in [0.4, 0.5) is 4.39 Å². The largest absolute Gasteiger partial charge is 0.481 e. The zero-order valence-electron chi connectivity index (χ0n) is 20.7. The van der Waals surface area contributed by atoms with Crippen molar-refractivity contribution in [3.63, 3.8) is 0 Å². The molecule has 0 unspecified atom stereocenters. The van der Waals surface area contributed by atoms with E-state index < -0.39 is 18.2 Å². The van der Waals surface area contributed by atoms with Crippen LogP contribution in [-0.4, -0.2) is 41.0 Å². The Bertz CT molecular complexity index is 965. The maximum absolute atomic E-state index is 14.7. The Kier molecular flexibility index (Phi) is 8.85. The number of aliphatic carboxylic acids is 1. The number of aliphatic hydroxyl groups is 1. The van der Waals surface area contributed by atoms with Crippen LogP contribution in [0.15, 0.2) is 36.4 Å². The number of halogens is 1. The van der Waals surface area contributed by atoms with Gasteiger partial charge >= 0.3 is 5.97 Å². The zero-order chi connectivity index (χ0) is 24.9. The quantitative estimate of drug-likeness (QED) is 0.416. The van der Waals surface area contributed by atoms with Crippen molar-refractivity contribution in [2.24, 2.45) is 5.92 Å². The molecule has 1 aliphatic carbocycles. The summed E-state index contributed by atoms with van der Waals surface area (Å²) in [5, 5.41) is 23.0. The number of carbonyl (C=O) groups is 1. The van der Waals surface area contributed by atoms with Gasteiger partial charge in [0.2, 0.25) is 0 Å². The van der Waals surface area contributed by atoms with Gasteiger partial charge in [0.05, 0.1) is 18.8 Å². The molecule has 0 heterocycles. The lowest BCUT2D eigenvalue weighted by Gasteiger charge is -2.31. The van der Waals surface area contributed by atoms with E-state index in [1.165, 1.54) is 11.1 Å². The van der Waals surface area contributed by atoms with Gasteiger partial charge in [-0.15, -0.1) is 0 Å². The fraction of sp³-hybridized carbons (Fsp3) is 0.536. The summed E-state index contributed by atoms with van der Waals surface area (Å²) in [5.41, 5.74) is 4.26. The highest BCUT2D eigenvalue weighted by atomic mass is 19.1. The van der Waals surface area contributed by atoms with E-state index in [9.17, 15) is 14.3 Å². The van der Waals surface area contributed by atoms with Crippen molar-refractivity contribution < 1.29 is 24.1 Å². The van der Waals surface area contributed by atoms with Gasteiger partial charge in [-0.2, -0.15) is 0 Å².